The van der Waals surface area contributed by atoms with Crippen molar-refractivity contribution in [3.8, 4) is 0 Å². The van der Waals surface area contributed by atoms with Crippen LogP contribution in [0.1, 0.15) is 22.0 Å². The summed E-state index contributed by atoms with van der Waals surface area (Å²) < 4.78 is 13.4. The first-order chi connectivity index (χ1) is 9.61. The third-order valence-corrected chi connectivity index (χ3v) is 3.52. The van der Waals surface area contributed by atoms with Gasteiger partial charge in [0.1, 0.15) is 5.82 Å². The Morgan fingerprint density at radius 2 is 1.95 bits per heavy atom. The molecule has 0 spiro atoms. The van der Waals surface area contributed by atoms with Crippen LogP contribution in [-0.4, -0.2) is 17.6 Å². The molecule has 2 N–H and O–H groups in total. The molecule has 104 valence electrons. The zero-order chi connectivity index (χ0) is 14.5. The van der Waals surface area contributed by atoms with Gasteiger partial charge in [0, 0.05) is 4.47 Å². The average molecular weight is 338 g/mol. The summed E-state index contributed by atoms with van der Waals surface area (Å²) in [6.45, 7) is -0.214. The Kier molecular flexibility index (Phi) is 4.87. The Hall–Kier alpha value is -1.72. The van der Waals surface area contributed by atoms with Gasteiger partial charge in [-0.05, 0) is 39.7 Å². The summed E-state index contributed by atoms with van der Waals surface area (Å²) in [5.74, 6) is -0.796. The number of aliphatic hydroxyl groups excluding tert-OH is 1. The molecule has 0 radical (unpaired) electrons. The van der Waals surface area contributed by atoms with Crippen molar-refractivity contribution in [2.24, 2.45) is 0 Å². The predicted molar refractivity (Wildman–Crippen MR) is 77.8 cm³/mol. The highest BCUT2D eigenvalue weighted by molar-refractivity contribution is 9.10. The molecule has 0 saturated heterocycles. The van der Waals surface area contributed by atoms with E-state index in [1.807, 2.05) is 30.3 Å². The van der Waals surface area contributed by atoms with Crippen LogP contribution in [0.2, 0.25) is 0 Å². The van der Waals surface area contributed by atoms with Gasteiger partial charge in [-0.25, -0.2) is 4.39 Å². The molecule has 0 bridgehead atoms. The fraction of sp³-hybridized carbons (Fsp3) is 0.133. The molecule has 0 aliphatic rings. The first-order valence-corrected chi connectivity index (χ1v) is 6.83. The Balaban J connectivity index is 2.17. The smallest absolute Gasteiger partial charge is 0.252 e. The second-order valence-corrected chi connectivity index (χ2v) is 5.10. The van der Waals surface area contributed by atoms with Gasteiger partial charge < -0.3 is 10.4 Å². The highest BCUT2D eigenvalue weighted by atomic mass is 79.9. The van der Waals surface area contributed by atoms with Crippen molar-refractivity contribution in [2.45, 2.75) is 6.04 Å². The van der Waals surface area contributed by atoms with E-state index >= 15 is 0 Å². The molecule has 1 unspecified atom stereocenters. The van der Waals surface area contributed by atoms with Crippen molar-refractivity contribution in [1.29, 1.82) is 0 Å². The number of amides is 1. The van der Waals surface area contributed by atoms with Crippen molar-refractivity contribution in [3.63, 3.8) is 0 Å². The van der Waals surface area contributed by atoms with Gasteiger partial charge in [0.05, 0.1) is 18.2 Å². The van der Waals surface area contributed by atoms with Crippen molar-refractivity contribution < 1.29 is 14.3 Å². The molecule has 0 saturated carbocycles. The zero-order valence-corrected chi connectivity index (χ0v) is 12.1. The Morgan fingerprint density at radius 3 is 2.55 bits per heavy atom. The van der Waals surface area contributed by atoms with E-state index in [0.29, 0.717) is 10.0 Å². The topological polar surface area (TPSA) is 49.3 Å². The van der Waals surface area contributed by atoms with Crippen LogP contribution in [-0.2, 0) is 0 Å². The second-order valence-electron chi connectivity index (χ2n) is 4.24. The summed E-state index contributed by atoms with van der Waals surface area (Å²) in [6, 6.07) is 12.5. The summed E-state index contributed by atoms with van der Waals surface area (Å²) in [7, 11) is 0. The van der Waals surface area contributed by atoms with E-state index in [1.165, 1.54) is 18.2 Å². The minimum Gasteiger partial charge on any atom is -0.394 e. The Bertz CT molecular complexity index is 604. The maximum atomic E-state index is 13.0. The van der Waals surface area contributed by atoms with Gasteiger partial charge in [-0.15, -0.1) is 0 Å². The normalized spacial score (nSPS) is 11.9. The number of nitrogens with one attached hydrogen (secondary N) is 1. The molecule has 20 heavy (non-hydrogen) atoms. The molecule has 1 atom stereocenters. The monoisotopic (exact) mass is 337 g/mol. The van der Waals surface area contributed by atoms with Crippen molar-refractivity contribution in [1.82, 2.24) is 5.32 Å². The van der Waals surface area contributed by atoms with Crippen LogP contribution < -0.4 is 5.32 Å². The number of halogens is 2. The Morgan fingerprint density at radius 1 is 1.25 bits per heavy atom. The number of benzene rings is 2. The number of carbonyl (C=O) groups is 1. The van der Waals surface area contributed by atoms with Gasteiger partial charge >= 0.3 is 0 Å². The van der Waals surface area contributed by atoms with Crippen LogP contribution in [0.5, 0.6) is 0 Å². The van der Waals surface area contributed by atoms with Gasteiger partial charge in [-0.2, -0.15) is 0 Å². The molecule has 0 heterocycles. The van der Waals surface area contributed by atoms with E-state index in [2.05, 4.69) is 21.2 Å². The lowest BCUT2D eigenvalue weighted by Crippen LogP contribution is -2.31. The van der Waals surface area contributed by atoms with Gasteiger partial charge in [0.2, 0.25) is 0 Å². The van der Waals surface area contributed by atoms with Crippen LogP contribution in [0.15, 0.2) is 53.0 Å². The molecule has 2 rings (SSSR count). The fourth-order valence-electron chi connectivity index (χ4n) is 1.83. The molecule has 0 aliphatic carbocycles. The minimum absolute atomic E-state index is 0.214. The summed E-state index contributed by atoms with van der Waals surface area (Å²) in [6.07, 6.45) is 0. The first-order valence-electron chi connectivity index (χ1n) is 6.03. The number of carbonyl (C=O) groups excluding carboxylic acids is 1. The summed E-state index contributed by atoms with van der Waals surface area (Å²) >= 11 is 3.15. The highest BCUT2D eigenvalue weighted by Gasteiger charge is 2.16. The lowest BCUT2D eigenvalue weighted by molar-refractivity contribution is 0.0915. The largest absolute Gasteiger partial charge is 0.394 e. The summed E-state index contributed by atoms with van der Waals surface area (Å²) in [4.78, 5) is 12.1. The van der Waals surface area contributed by atoms with E-state index in [4.69, 9.17) is 0 Å². The van der Waals surface area contributed by atoms with Gasteiger partial charge in [0.15, 0.2) is 0 Å². The molecule has 1 amide bonds. The third kappa shape index (κ3) is 3.43. The average Bonchev–Trinajstić information content (AvgIpc) is 2.45. The fourth-order valence-corrected chi connectivity index (χ4v) is 2.36. The Labute approximate surface area is 124 Å². The van der Waals surface area contributed by atoms with Crippen LogP contribution in [0.3, 0.4) is 0 Å². The molecular weight excluding hydrogens is 325 g/mol. The van der Waals surface area contributed by atoms with Crippen LogP contribution >= 0.6 is 15.9 Å². The van der Waals surface area contributed by atoms with E-state index in [0.717, 1.165) is 5.56 Å². The quantitative estimate of drug-likeness (QED) is 0.900. The highest BCUT2D eigenvalue weighted by Crippen LogP contribution is 2.19. The molecule has 2 aromatic rings. The molecule has 5 heteroatoms. The number of hydrogen-bond donors (Lipinski definition) is 2. The predicted octanol–water partition coefficient (Wildman–Crippen LogP) is 3.05. The standard InChI is InChI=1S/C15H13BrFNO2/c16-13-8-11(17)6-7-12(13)15(20)18-14(9-19)10-4-2-1-3-5-10/h1-8,14,19H,9H2,(H,18,20). The zero-order valence-electron chi connectivity index (χ0n) is 10.5. The van der Waals surface area contributed by atoms with Crippen molar-refractivity contribution >= 4 is 21.8 Å². The van der Waals surface area contributed by atoms with Crippen LogP contribution in [0, 0.1) is 5.82 Å². The number of aliphatic hydroxyl groups is 1. The van der Waals surface area contributed by atoms with Crippen molar-refractivity contribution in [2.75, 3.05) is 6.61 Å². The molecule has 0 aromatic heterocycles. The molecule has 2 aromatic carbocycles. The number of hydrogen-bond acceptors (Lipinski definition) is 2. The summed E-state index contributed by atoms with van der Waals surface area (Å²) in [5, 5.41) is 12.1. The molecular formula is C15H13BrFNO2. The van der Waals surface area contributed by atoms with Crippen LogP contribution in [0.25, 0.3) is 0 Å². The lowest BCUT2D eigenvalue weighted by atomic mass is 10.1. The molecule has 0 aliphatic heterocycles. The number of rotatable bonds is 4. The lowest BCUT2D eigenvalue weighted by Gasteiger charge is -2.17. The van der Waals surface area contributed by atoms with E-state index in [9.17, 15) is 14.3 Å². The minimum atomic E-state index is -0.499. The van der Waals surface area contributed by atoms with E-state index in [-0.39, 0.29) is 12.5 Å². The summed E-state index contributed by atoms with van der Waals surface area (Å²) in [5.41, 5.74) is 1.13. The van der Waals surface area contributed by atoms with Crippen molar-refractivity contribution in [3.05, 3.63) is 69.9 Å². The maximum Gasteiger partial charge on any atom is 0.252 e. The van der Waals surface area contributed by atoms with E-state index < -0.39 is 11.9 Å². The van der Waals surface area contributed by atoms with E-state index in [1.54, 1.807) is 0 Å². The molecule has 3 nitrogen and oxygen atoms in total. The second kappa shape index (κ2) is 6.63. The van der Waals surface area contributed by atoms with Gasteiger partial charge in [-0.1, -0.05) is 30.3 Å². The van der Waals surface area contributed by atoms with Gasteiger partial charge in [-0.3, -0.25) is 4.79 Å². The third-order valence-electron chi connectivity index (χ3n) is 2.87. The molecule has 0 fully saturated rings. The van der Waals surface area contributed by atoms with Crippen LogP contribution in [0.4, 0.5) is 4.39 Å². The first kappa shape index (κ1) is 14.7. The maximum absolute atomic E-state index is 13.0. The SMILES string of the molecule is O=C(NC(CO)c1ccccc1)c1ccc(F)cc1Br. The van der Waals surface area contributed by atoms with Gasteiger partial charge in [0.25, 0.3) is 5.91 Å².